The molecule has 0 fully saturated rings. The highest BCUT2D eigenvalue weighted by atomic mass is 19.1. The fourth-order valence-electron chi connectivity index (χ4n) is 3.58. The van der Waals surface area contributed by atoms with Gasteiger partial charge in [-0.2, -0.15) is 0 Å². The van der Waals surface area contributed by atoms with Crippen molar-refractivity contribution in [2.75, 3.05) is 7.11 Å². The zero-order chi connectivity index (χ0) is 27.0. The number of benzene rings is 3. The van der Waals surface area contributed by atoms with E-state index in [4.69, 9.17) is 14.5 Å². The molecule has 37 heavy (non-hydrogen) atoms. The Morgan fingerprint density at radius 1 is 0.865 bits per heavy atom. The molecule has 0 saturated heterocycles. The number of methoxy groups -OCH3 is 1. The van der Waals surface area contributed by atoms with E-state index in [1.165, 1.54) is 6.07 Å². The molecule has 192 valence electrons. The summed E-state index contributed by atoms with van der Waals surface area (Å²) in [7, 11) is 1.15. The Hall–Kier alpha value is -4.13. The van der Waals surface area contributed by atoms with E-state index in [0.29, 0.717) is 5.71 Å². The molecule has 1 atom stereocenters. The predicted octanol–water partition coefficient (Wildman–Crippen LogP) is 6.16. The third-order valence-corrected chi connectivity index (χ3v) is 5.24. The number of rotatable bonds is 8. The third kappa shape index (κ3) is 7.67. The molecule has 0 amide bonds. The van der Waals surface area contributed by atoms with Crippen LogP contribution in [0.25, 0.3) is 6.08 Å². The zero-order valence-electron chi connectivity index (χ0n) is 21.2. The minimum absolute atomic E-state index is 0.133. The fraction of sp³-hybridized carbons (Fsp3) is 0.233. The first-order chi connectivity index (χ1) is 17.6. The maximum Gasteiger partial charge on any atom is 0.333 e. The highest BCUT2D eigenvalue weighted by molar-refractivity contribution is 6.13. The smallest absolute Gasteiger partial charge is 0.333 e. The lowest BCUT2D eigenvalue weighted by Crippen LogP contribution is -2.32. The van der Waals surface area contributed by atoms with E-state index < -0.39 is 40.8 Å². The predicted molar refractivity (Wildman–Crippen MR) is 139 cm³/mol. The van der Waals surface area contributed by atoms with Gasteiger partial charge in [0, 0.05) is 28.7 Å². The van der Waals surface area contributed by atoms with Gasteiger partial charge in [0.05, 0.1) is 12.8 Å². The van der Waals surface area contributed by atoms with Crippen molar-refractivity contribution in [3.05, 3.63) is 113 Å². The SMILES string of the molecule is COC(=O)/C(=C/c1c(F)cccc1F)C[C@H](N=C(c1ccccc1)c1ccccc1)C(=O)OC(C)(C)C. The summed E-state index contributed by atoms with van der Waals surface area (Å²) in [5.74, 6) is -3.24. The molecule has 0 N–H and O–H groups in total. The van der Waals surface area contributed by atoms with Gasteiger partial charge in [-0.05, 0) is 39.0 Å². The number of halogens is 2. The van der Waals surface area contributed by atoms with Gasteiger partial charge in [-0.25, -0.2) is 18.4 Å². The van der Waals surface area contributed by atoms with Crippen LogP contribution < -0.4 is 0 Å². The molecular formula is C30H29F2NO4. The van der Waals surface area contributed by atoms with Gasteiger partial charge >= 0.3 is 11.9 Å². The number of carbonyl (C=O) groups is 2. The molecule has 0 heterocycles. The quantitative estimate of drug-likeness (QED) is 0.209. The number of ether oxygens (including phenoxy) is 2. The van der Waals surface area contributed by atoms with E-state index in [1.54, 1.807) is 20.8 Å². The van der Waals surface area contributed by atoms with Gasteiger partial charge in [0.25, 0.3) is 0 Å². The van der Waals surface area contributed by atoms with Gasteiger partial charge in [-0.3, -0.25) is 4.99 Å². The Bertz CT molecular complexity index is 1230. The molecule has 5 nitrogen and oxygen atoms in total. The van der Waals surface area contributed by atoms with Crippen LogP contribution >= 0.6 is 0 Å². The van der Waals surface area contributed by atoms with Crippen LogP contribution in [0.15, 0.2) is 89.4 Å². The van der Waals surface area contributed by atoms with Gasteiger partial charge in [-0.1, -0.05) is 66.7 Å². The molecule has 0 radical (unpaired) electrons. The molecule has 7 heteroatoms. The molecule has 0 saturated carbocycles. The Morgan fingerprint density at radius 2 is 1.38 bits per heavy atom. The van der Waals surface area contributed by atoms with Crippen LogP contribution in [-0.4, -0.2) is 36.4 Å². The topological polar surface area (TPSA) is 65.0 Å². The standard InChI is InChI=1S/C30H29F2NO4/c1-30(2,3)37-29(35)26(19-22(28(34)36-4)18-23-24(31)16-11-17-25(23)32)33-27(20-12-7-5-8-13-20)21-14-9-6-10-15-21/h5-18,26H,19H2,1-4H3/b22-18+/t26-/m0/s1. The van der Waals surface area contributed by atoms with Crippen molar-refractivity contribution in [3.63, 3.8) is 0 Å². The molecule has 3 aromatic carbocycles. The maximum absolute atomic E-state index is 14.4. The largest absolute Gasteiger partial charge is 0.466 e. The van der Waals surface area contributed by atoms with Gasteiger partial charge < -0.3 is 9.47 Å². The molecule has 3 rings (SSSR count). The van der Waals surface area contributed by atoms with Crippen LogP contribution in [0.5, 0.6) is 0 Å². The maximum atomic E-state index is 14.4. The number of nitrogens with zero attached hydrogens (tertiary/aromatic N) is 1. The third-order valence-electron chi connectivity index (χ3n) is 5.24. The average molecular weight is 506 g/mol. The van der Waals surface area contributed by atoms with Gasteiger partial charge in [-0.15, -0.1) is 0 Å². The lowest BCUT2D eigenvalue weighted by atomic mass is 9.99. The van der Waals surface area contributed by atoms with Crippen molar-refractivity contribution in [2.45, 2.75) is 38.8 Å². The molecule has 0 spiro atoms. The molecular weight excluding hydrogens is 476 g/mol. The van der Waals surface area contributed by atoms with E-state index in [1.807, 2.05) is 60.7 Å². The number of esters is 2. The second kappa shape index (κ2) is 12.2. The molecule has 0 bridgehead atoms. The van der Waals surface area contributed by atoms with Gasteiger partial charge in [0.1, 0.15) is 17.2 Å². The minimum atomic E-state index is -1.21. The van der Waals surface area contributed by atoms with Crippen LogP contribution in [0.4, 0.5) is 8.78 Å². The van der Waals surface area contributed by atoms with Crippen LogP contribution in [0.2, 0.25) is 0 Å². The van der Waals surface area contributed by atoms with E-state index in [-0.39, 0.29) is 12.0 Å². The van der Waals surface area contributed by atoms with Crippen molar-refractivity contribution >= 4 is 23.7 Å². The molecule has 3 aromatic rings. The molecule has 0 aliphatic heterocycles. The number of carbonyl (C=O) groups excluding carboxylic acids is 2. The summed E-state index contributed by atoms with van der Waals surface area (Å²) < 4.78 is 39.3. The highest BCUT2D eigenvalue weighted by Gasteiger charge is 2.29. The highest BCUT2D eigenvalue weighted by Crippen LogP contribution is 2.23. The van der Waals surface area contributed by atoms with Crippen LogP contribution in [0, 0.1) is 11.6 Å². The number of hydrogen-bond acceptors (Lipinski definition) is 5. The summed E-state index contributed by atoms with van der Waals surface area (Å²) in [6.45, 7) is 5.15. The lowest BCUT2D eigenvalue weighted by molar-refractivity contribution is -0.156. The molecule has 0 aliphatic rings. The number of aliphatic imine (C=N–C) groups is 1. The average Bonchev–Trinajstić information content (AvgIpc) is 2.87. The van der Waals surface area contributed by atoms with Crippen molar-refractivity contribution in [2.24, 2.45) is 4.99 Å². The fourth-order valence-corrected chi connectivity index (χ4v) is 3.58. The van der Waals surface area contributed by atoms with Crippen molar-refractivity contribution in [1.82, 2.24) is 0 Å². The van der Waals surface area contributed by atoms with E-state index in [2.05, 4.69) is 0 Å². The van der Waals surface area contributed by atoms with Gasteiger partial charge in [0.2, 0.25) is 0 Å². The van der Waals surface area contributed by atoms with Crippen LogP contribution in [0.1, 0.15) is 43.9 Å². The Kier molecular flexibility index (Phi) is 9.06. The summed E-state index contributed by atoms with van der Waals surface area (Å²) in [4.78, 5) is 30.8. The van der Waals surface area contributed by atoms with Crippen LogP contribution in [0.3, 0.4) is 0 Å². The minimum Gasteiger partial charge on any atom is -0.466 e. The molecule has 0 unspecified atom stereocenters. The van der Waals surface area contributed by atoms with Crippen molar-refractivity contribution in [1.29, 1.82) is 0 Å². The second-order valence-corrected chi connectivity index (χ2v) is 9.26. The van der Waals surface area contributed by atoms with E-state index in [9.17, 15) is 18.4 Å². The summed E-state index contributed by atoms with van der Waals surface area (Å²) in [5, 5.41) is 0. The Morgan fingerprint density at radius 3 is 1.84 bits per heavy atom. The van der Waals surface area contributed by atoms with Crippen LogP contribution in [-0.2, 0) is 19.1 Å². The van der Waals surface area contributed by atoms with E-state index in [0.717, 1.165) is 36.4 Å². The monoisotopic (exact) mass is 505 g/mol. The normalized spacial score (nSPS) is 12.4. The second-order valence-electron chi connectivity index (χ2n) is 9.26. The first-order valence-corrected chi connectivity index (χ1v) is 11.7. The first-order valence-electron chi connectivity index (χ1n) is 11.7. The Labute approximate surface area is 215 Å². The molecule has 0 aliphatic carbocycles. The van der Waals surface area contributed by atoms with E-state index >= 15 is 0 Å². The summed E-state index contributed by atoms with van der Waals surface area (Å²) in [6, 6.07) is 20.7. The molecule has 0 aromatic heterocycles. The first kappa shape index (κ1) is 27.5. The van der Waals surface area contributed by atoms with Gasteiger partial charge in [0.15, 0.2) is 6.04 Å². The summed E-state index contributed by atoms with van der Waals surface area (Å²) in [5.41, 5.74) is 0.597. The van der Waals surface area contributed by atoms with Crippen molar-refractivity contribution < 1.29 is 27.8 Å². The Balaban J connectivity index is 2.17. The lowest BCUT2D eigenvalue weighted by Gasteiger charge is -2.23. The van der Waals surface area contributed by atoms with Crippen molar-refractivity contribution in [3.8, 4) is 0 Å². The number of hydrogen-bond donors (Lipinski definition) is 0. The summed E-state index contributed by atoms with van der Waals surface area (Å²) >= 11 is 0. The summed E-state index contributed by atoms with van der Waals surface area (Å²) in [6.07, 6.45) is 0.743. The zero-order valence-corrected chi connectivity index (χ0v) is 21.2.